The highest BCUT2D eigenvalue weighted by Crippen LogP contribution is 2.27. The molecule has 0 aliphatic heterocycles. The Hall–Kier alpha value is -0.730. The van der Waals surface area contributed by atoms with E-state index in [1.807, 2.05) is 32.2 Å². The maximum Gasteiger partial charge on any atom is 0.0642 e. The van der Waals surface area contributed by atoms with E-state index in [4.69, 9.17) is 17.3 Å². The standard InChI is InChI=1S/C11H17ClN2/c1-4-14(3)11-6-5-9(8(2)13)7-10(11)12/h5-8H,4,13H2,1-3H3. The van der Waals surface area contributed by atoms with Crippen LogP contribution in [0.2, 0.25) is 5.02 Å². The fourth-order valence-corrected chi connectivity index (χ4v) is 1.62. The van der Waals surface area contributed by atoms with E-state index in [2.05, 4.69) is 11.8 Å². The van der Waals surface area contributed by atoms with Gasteiger partial charge in [-0.05, 0) is 31.5 Å². The molecule has 3 heteroatoms. The van der Waals surface area contributed by atoms with E-state index in [1.54, 1.807) is 0 Å². The Morgan fingerprint density at radius 2 is 2.14 bits per heavy atom. The molecule has 0 amide bonds. The molecule has 0 saturated carbocycles. The highest BCUT2D eigenvalue weighted by molar-refractivity contribution is 6.33. The van der Waals surface area contributed by atoms with Gasteiger partial charge in [-0.2, -0.15) is 0 Å². The van der Waals surface area contributed by atoms with E-state index < -0.39 is 0 Å². The SMILES string of the molecule is CCN(C)c1ccc(C(C)N)cc1Cl. The minimum atomic E-state index is 0.0356. The van der Waals surface area contributed by atoms with Crippen molar-refractivity contribution in [3.8, 4) is 0 Å². The van der Waals surface area contributed by atoms with E-state index in [-0.39, 0.29) is 6.04 Å². The number of halogens is 1. The third kappa shape index (κ3) is 2.40. The van der Waals surface area contributed by atoms with Crippen LogP contribution in [-0.2, 0) is 0 Å². The zero-order valence-electron chi connectivity index (χ0n) is 8.92. The van der Waals surface area contributed by atoms with Gasteiger partial charge >= 0.3 is 0 Å². The van der Waals surface area contributed by atoms with Gasteiger partial charge in [-0.1, -0.05) is 17.7 Å². The summed E-state index contributed by atoms with van der Waals surface area (Å²) in [5.41, 5.74) is 7.90. The van der Waals surface area contributed by atoms with Crippen molar-refractivity contribution in [3.63, 3.8) is 0 Å². The maximum absolute atomic E-state index is 6.15. The number of nitrogens with zero attached hydrogens (tertiary/aromatic N) is 1. The molecule has 0 fully saturated rings. The predicted molar refractivity (Wildman–Crippen MR) is 63.0 cm³/mol. The molecule has 1 rings (SSSR count). The zero-order valence-corrected chi connectivity index (χ0v) is 9.67. The molecule has 0 aromatic heterocycles. The molecule has 1 atom stereocenters. The maximum atomic E-state index is 6.15. The number of hydrogen-bond donors (Lipinski definition) is 1. The van der Waals surface area contributed by atoms with Gasteiger partial charge in [-0.15, -0.1) is 0 Å². The lowest BCUT2D eigenvalue weighted by Gasteiger charge is -2.19. The van der Waals surface area contributed by atoms with E-state index in [1.165, 1.54) is 0 Å². The van der Waals surface area contributed by atoms with Crippen LogP contribution in [0.3, 0.4) is 0 Å². The van der Waals surface area contributed by atoms with Crippen molar-refractivity contribution in [2.45, 2.75) is 19.9 Å². The Kier molecular flexibility index (Phi) is 3.78. The molecule has 0 saturated heterocycles. The Morgan fingerprint density at radius 3 is 2.57 bits per heavy atom. The molecule has 0 aliphatic rings. The predicted octanol–water partition coefficient (Wildman–Crippen LogP) is 2.82. The number of nitrogens with two attached hydrogens (primary N) is 1. The van der Waals surface area contributed by atoms with E-state index in [0.29, 0.717) is 0 Å². The molecule has 78 valence electrons. The summed E-state index contributed by atoms with van der Waals surface area (Å²) in [5, 5.41) is 0.768. The van der Waals surface area contributed by atoms with Crippen molar-refractivity contribution >= 4 is 17.3 Å². The summed E-state index contributed by atoms with van der Waals surface area (Å²) in [5.74, 6) is 0. The third-order valence-corrected chi connectivity index (χ3v) is 2.69. The molecular formula is C11H17ClN2. The van der Waals surface area contributed by atoms with Crippen LogP contribution in [0.15, 0.2) is 18.2 Å². The molecule has 2 N–H and O–H groups in total. The van der Waals surface area contributed by atoms with Gasteiger partial charge in [0.2, 0.25) is 0 Å². The van der Waals surface area contributed by atoms with Crippen LogP contribution in [-0.4, -0.2) is 13.6 Å². The second kappa shape index (κ2) is 4.67. The summed E-state index contributed by atoms with van der Waals surface area (Å²) in [6.45, 7) is 4.99. The quantitative estimate of drug-likeness (QED) is 0.835. The molecule has 0 radical (unpaired) electrons. The Labute approximate surface area is 90.7 Å². The second-order valence-corrected chi connectivity index (χ2v) is 3.92. The molecule has 14 heavy (non-hydrogen) atoms. The van der Waals surface area contributed by atoms with Crippen LogP contribution in [0.25, 0.3) is 0 Å². The van der Waals surface area contributed by atoms with Gasteiger partial charge in [-0.25, -0.2) is 0 Å². The first-order valence-corrected chi connectivity index (χ1v) is 5.20. The van der Waals surface area contributed by atoms with E-state index in [9.17, 15) is 0 Å². The average molecular weight is 213 g/mol. The summed E-state index contributed by atoms with van der Waals surface area (Å²) in [6.07, 6.45) is 0. The van der Waals surface area contributed by atoms with Crippen LogP contribution in [0.1, 0.15) is 25.5 Å². The van der Waals surface area contributed by atoms with E-state index >= 15 is 0 Å². The van der Waals surface area contributed by atoms with Crippen LogP contribution in [0.4, 0.5) is 5.69 Å². The average Bonchev–Trinajstić information content (AvgIpc) is 2.16. The van der Waals surface area contributed by atoms with Gasteiger partial charge in [0.1, 0.15) is 0 Å². The summed E-state index contributed by atoms with van der Waals surface area (Å²) >= 11 is 6.15. The number of rotatable bonds is 3. The van der Waals surface area contributed by atoms with Crippen molar-refractivity contribution in [1.82, 2.24) is 0 Å². The molecule has 0 aliphatic carbocycles. The highest BCUT2D eigenvalue weighted by Gasteiger charge is 2.06. The van der Waals surface area contributed by atoms with Crippen molar-refractivity contribution in [3.05, 3.63) is 28.8 Å². The smallest absolute Gasteiger partial charge is 0.0642 e. The summed E-state index contributed by atoms with van der Waals surface area (Å²) in [6, 6.07) is 6.02. The van der Waals surface area contributed by atoms with Crippen molar-refractivity contribution < 1.29 is 0 Å². The van der Waals surface area contributed by atoms with Gasteiger partial charge in [0.05, 0.1) is 10.7 Å². The Bertz CT molecular complexity index is 310. The van der Waals surface area contributed by atoms with Crippen molar-refractivity contribution in [2.75, 3.05) is 18.5 Å². The summed E-state index contributed by atoms with van der Waals surface area (Å²) in [4.78, 5) is 2.10. The third-order valence-electron chi connectivity index (χ3n) is 2.38. The topological polar surface area (TPSA) is 29.3 Å². The van der Waals surface area contributed by atoms with Crippen LogP contribution in [0, 0.1) is 0 Å². The Morgan fingerprint density at radius 1 is 1.50 bits per heavy atom. The molecule has 2 nitrogen and oxygen atoms in total. The van der Waals surface area contributed by atoms with Crippen molar-refractivity contribution in [1.29, 1.82) is 0 Å². The Balaban J connectivity index is 3.01. The van der Waals surface area contributed by atoms with Gasteiger partial charge in [-0.3, -0.25) is 0 Å². The van der Waals surface area contributed by atoms with Crippen LogP contribution < -0.4 is 10.6 Å². The molecule has 1 aromatic carbocycles. The van der Waals surface area contributed by atoms with Crippen LogP contribution >= 0.6 is 11.6 Å². The van der Waals surface area contributed by atoms with Gasteiger partial charge in [0, 0.05) is 19.6 Å². The second-order valence-electron chi connectivity index (χ2n) is 3.51. The lowest BCUT2D eigenvalue weighted by atomic mass is 10.1. The molecule has 0 heterocycles. The monoisotopic (exact) mass is 212 g/mol. The van der Waals surface area contributed by atoms with Crippen molar-refractivity contribution in [2.24, 2.45) is 5.73 Å². The van der Waals surface area contributed by atoms with Gasteiger partial charge in [0.15, 0.2) is 0 Å². The minimum Gasteiger partial charge on any atom is -0.374 e. The normalized spacial score (nSPS) is 12.6. The summed E-state index contributed by atoms with van der Waals surface area (Å²) < 4.78 is 0. The fraction of sp³-hybridized carbons (Fsp3) is 0.455. The molecule has 1 unspecified atom stereocenters. The number of hydrogen-bond acceptors (Lipinski definition) is 2. The molecular weight excluding hydrogens is 196 g/mol. The molecule has 0 bridgehead atoms. The highest BCUT2D eigenvalue weighted by atomic mass is 35.5. The number of benzene rings is 1. The lowest BCUT2D eigenvalue weighted by Crippen LogP contribution is -2.16. The zero-order chi connectivity index (χ0) is 10.7. The first kappa shape index (κ1) is 11.3. The van der Waals surface area contributed by atoms with Gasteiger partial charge in [0.25, 0.3) is 0 Å². The number of anilines is 1. The minimum absolute atomic E-state index is 0.0356. The summed E-state index contributed by atoms with van der Waals surface area (Å²) in [7, 11) is 2.02. The molecule has 0 spiro atoms. The fourth-order valence-electron chi connectivity index (χ4n) is 1.29. The van der Waals surface area contributed by atoms with Gasteiger partial charge < -0.3 is 10.6 Å². The largest absolute Gasteiger partial charge is 0.374 e. The first-order chi connectivity index (χ1) is 6.56. The first-order valence-electron chi connectivity index (χ1n) is 4.82. The lowest BCUT2D eigenvalue weighted by molar-refractivity contribution is 0.817. The van der Waals surface area contributed by atoms with Crippen LogP contribution in [0.5, 0.6) is 0 Å². The molecule has 1 aromatic rings. The van der Waals surface area contributed by atoms with E-state index in [0.717, 1.165) is 22.8 Å².